The van der Waals surface area contributed by atoms with Gasteiger partial charge in [0, 0.05) is 41.5 Å². The van der Waals surface area contributed by atoms with Crippen molar-refractivity contribution in [3.05, 3.63) is 28.8 Å². The molecule has 0 unspecified atom stereocenters. The Morgan fingerprint density at radius 2 is 2.05 bits per heavy atom. The Hall–Kier alpha value is -0.220. The minimum atomic E-state index is 0.123. The highest BCUT2D eigenvalue weighted by molar-refractivity contribution is 7.99. The van der Waals surface area contributed by atoms with E-state index in [9.17, 15) is 0 Å². The molecule has 108 valence electrons. The number of hydrogen-bond acceptors (Lipinski definition) is 3. The molecule has 19 heavy (non-hydrogen) atoms. The molecular weight excluding hydrogens is 278 g/mol. The summed E-state index contributed by atoms with van der Waals surface area (Å²) in [7, 11) is 1.74. The van der Waals surface area contributed by atoms with Crippen molar-refractivity contribution in [1.29, 1.82) is 0 Å². The Kier molecular flexibility index (Phi) is 7.22. The van der Waals surface area contributed by atoms with E-state index < -0.39 is 0 Å². The van der Waals surface area contributed by atoms with Crippen LogP contribution in [-0.4, -0.2) is 25.0 Å². The van der Waals surface area contributed by atoms with Crippen LogP contribution < -0.4 is 5.32 Å². The maximum absolute atomic E-state index is 6.09. The Bertz CT molecular complexity index is 390. The van der Waals surface area contributed by atoms with E-state index in [1.807, 2.05) is 17.8 Å². The molecule has 0 fully saturated rings. The van der Waals surface area contributed by atoms with Gasteiger partial charge in [-0.05, 0) is 44.9 Å². The quantitative estimate of drug-likeness (QED) is 0.597. The SMILES string of the molecule is COCCCSc1cc(Cl)ccc1CNC(C)(C)C. The summed E-state index contributed by atoms with van der Waals surface area (Å²) in [5.74, 6) is 1.05. The van der Waals surface area contributed by atoms with Crippen molar-refractivity contribution < 1.29 is 4.74 Å². The van der Waals surface area contributed by atoms with Crippen LogP contribution in [0.2, 0.25) is 5.02 Å². The normalized spacial score (nSPS) is 11.8. The fourth-order valence-electron chi connectivity index (χ4n) is 1.55. The predicted octanol–water partition coefficient (Wildman–Crippen LogP) is 4.36. The lowest BCUT2D eigenvalue weighted by atomic mass is 10.1. The summed E-state index contributed by atoms with van der Waals surface area (Å²) in [4.78, 5) is 1.26. The first kappa shape index (κ1) is 16.8. The average Bonchev–Trinajstić information content (AvgIpc) is 2.32. The lowest BCUT2D eigenvalue weighted by Gasteiger charge is -2.21. The molecule has 0 aliphatic carbocycles. The monoisotopic (exact) mass is 301 g/mol. The maximum Gasteiger partial charge on any atom is 0.0470 e. The molecule has 1 rings (SSSR count). The third-order valence-corrected chi connectivity index (χ3v) is 4.01. The number of ether oxygens (including phenoxy) is 1. The van der Waals surface area contributed by atoms with Crippen molar-refractivity contribution in [3.8, 4) is 0 Å². The van der Waals surface area contributed by atoms with Crippen LogP contribution in [0.15, 0.2) is 23.1 Å². The van der Waals surface area contributed by atoms with Crippen LogP contribution in [-0.2, 0) is 11.3 Å². The van der Waals surface area contributed by atoms with Crippen LogP contribution >= 0.6 is 23.4 Å². The van der Waals surface area contributed by atoms with Crippen LogP contribution in [0.5, 0.6) is 0 Å². The van der Waals surface area contributed by atoms with E-state index >= 15 is 0 Å². The molecule has 0 radical (unpaired) electrons. The predicted molar refractivity (Wildman–Crippen MR) is 85.3 cm³/mol. The van der Waals surface area contributed by atoms with Crippen molar-refractivity contribution in [2.45, 2.75) is 44.2 Å². The Morgan fingerprint density at radius 1 is 1.32 bits per heavy atom. The molecule has 0 spiro atoms. The van der Waals surface area contributed by atoms with Gasteiger partial charge in [-0.15, -0.1) is 11.8 Å². The summed E-state index contributed by atoms with van der Waals surface area (Å²) in [5, 5.41) is 4.32. The van der Waals surface area contributed by atoms with E-state index in [0.717, 1.165) is 30.3 Å². The van der Waals surface area contributed by atoms with E-state index in [4.69, 9.17) is 16.3 Å². The molecule has 0 saturated carbocycles. The molecule has 0 aliphatic rings. The van der Waals surface area contributed by atoms with Gasteiger partial charge < -0.3 is 10.1 Å². The van der Waals surface area contributed by atoms with Gasteiger partial charge >= 0.3 is 0 Å². The third kappa shape index (κ3) is 7.21. The third-order valence-electron chi connectivity index (χ3n) is 2.59. The second kappa shape index (κ2) is 8.15. The first-order chi connectivity index (χ1) is 8.92. The lowest BCUT2D eigenvalue weighted by molar-refractivity contribution is 0.200. The van der Waals surface area contributed by atoms with Crippen molar-refractivity contribution in [2.24, 2.45) is 0 Å². The molecule has 0 heterocycles. The summed E-state index contributed by atoms with van der Waals surface area (Å²) in [6.07, 6.45) is 1.06. The summed E-state index contributed by atoms with van der Waals surface area (Å²) < 4.78 is 5.07. The molecule has 0 saturated heterocycles. The summed E-state index contributed by atoms with van der Waals surface area (Å²) in [6, 6.07) is 6.12. The molecule has 1 aromatic carbocycles. The molecule has 1 N–H and O–H groups in total. The van der Waals surface area contributed by atoms with Crippen molar-refractivity contribution in [3.63, 3.8) is 0 Å². The topological polar surface area (TPSA) is 21.3 Å². The first-order valence-electron chi connectivity index (χ1n) is 6.57. The molecule has 2 nitrogen and oxygen atoms in total. The van der Waals surface area contributed by atoms with Crippen LogP contribution in [0, 0.1) is 0 Å². The fraction of sp³-hybridized carbons (Fsp3) is 0.600. The number of thioether (sulfide) groups is 1. The number of hydrogen-bond donors (Lipinski definition) is 1. The van der Waals surface area contributed by atoms with Gasteiger partial charge in [0.2, 0.25) is 0 Å². The number of halogens is 1. The van der Waals surface area contributed by atoms with Gasteiger partial charge in [-0.2, -0.15) is 0 Å². The number of rotatable bonds is 7. The van der Waals surface area contributed by atoms with Gasteiger partial charge in [-0.1, -0.05) is 17.7 Å². The number of methoxy groups -OCH3 is 1. The van der Waals surface area contributed by atoms with Gasteiger partial charge in [-0.25, -0.2) is 0 Å². The molecule has 0 bridgehead atoms. The van der Waals surface area contributed by atoms with E-state index in [1.165, 1.54) is 10.5 Å². The smallest absolute Gasteiger partial charge is 0.0470 e. The van der Waals surface area contributed by atoms with Crippen molar-refractivity contribution in [1.82, 2.24) is 5.32 Å². The summed E-state index contributed by atoms with van der Waals surface area (Å²) in [5.41, 5.74) is 1.43. The molecule has 0 aliphatic heterocycles. The molecule has 4 heteroatoms. The first-order valence-corrected chi connectivity index (χ1v) is 7.94. The number of nitrogens with one attached hydrogen (secondary N) is 1. The number of benzene rings is 1. The second-order valence-corrected chi connectivity index (χ2v) is 7.12. The maximum atomic E-state index is 6.09. The van der Waals surface area contributed by atoms with Gasteiger partial charge in [0.25, 0.3) is 0 Å². The molecule has 0 aromatic heterocycles. The Morgan fingerprint density at radius 3 is 2.68 bits per heavy atom. The zero-order valence-corrected chi connectivity index (χ0v) is 13.8. The molecule has 1 aromatic rings. The zero-order chi connectivity index (χ0) is 14.3. The van der Waals surface area contributed by atoms with Gasteiger partial charge in [0.1, 0.15) is 0 Å². The second-order valence-electron chi connectivity index (χ2n) is 5.55. The highest BCUT2D eigenvalue weighted by Gasteiger charge is 2.11. The van der Waals surface area contributed by atoms with Crippen LogP contribution in [0.3, 0.4) is 0 Å². The highest BCUT2D eigenvalue weighted by atomic mass is 35.5. The lowest BCUT2D eigenvalue weighted by Crippen LogP contribution is -2.35. The zero-order valence-electron chi connectivity index (χ0n) is 12.3. The molecule has 0 atom stereocenters. The minimum absolute atomic E-state index is 0.123. The highest BCUT2D eigenvalue weighted by Crippen LogP contribution is 2.27. The molecule has 0 amide bonds. The van der Waals surface area contributed by atoms with Crippen LogP contribution in [0.4, 0.5) is 0 Å². The van der Waals surface area contributed by atoms with Crippen molar-refractivity contribution in [2.75, 3.05) is 19.5 Å². The molecular formula is C15H24ClNOS. The van der Waals surface area contributed by atoms with Crippen LogP contribution in [0.25, 0.3) is 0 Å². The average molecular weight is 302 g/mol. The Labute approximate surface area is 126 Å². The largest absolute Gasteiger partial charge is 0.385 e. The van der Waals surface area contributed by atoms with E-state index in [-0.39, 0.29) is 5.54 Å². The van der Waals surface area contributed by atoms with E-state index in [1.54, 1.807) is 7.11 Å². The fourth-order valence-corrected chi connectivity index (χ4v) is 2.81. The summed E-state index contributed by atoms with van der Waals surface area (Å²) in [6.45, 7) is 8.20. The van der Waals surface area contributed by atoms with Crippen LogP contribution in [0.1, 0.15) is 32.8 Å². The van der Waals surface area contributed by atoms with Gasteiger partial charge in [-0.3, -0.25) is 0 Å². The van der Waals surface area contributed by atoms with E-state index in [0.29, 0.717) is 0 Å². The Balaban J connectivity index is 2.63. The standard InChI is InChI=1S/C15H24ClNOS/c1-15(2,3)17-11-12-6-7-13(16)10-14(12)19-9-5-8-18-4/h6-7,10,17H,5,8-9,11H2,1-4H3. The van der Waals surface area contributed by atoms with Gasteiger partial charge in [0.05, 0.1) is 0 Å². The van der Waals surface area contributed by atoms with E-state index in [2.05, 4.69) is 38.2 Å². The van der Waals surface area contributed by atoms with Crippen molar-refractivity contribution >= 4 is 23.4 Å². The summed E-state index contributed by atoms with van der Waals surface area (Å²) >= 11 is 7.94. The van der Waals surface area contributed by atoms with Gasteiger partial charge in [0.15, 0.2) is 0 Å². The minimum Gasteiger partial charge on any atom is -0.385 e.